The molecule has 0 bridgehead atoms. The van der Waals surface area contributed by atoms with Crippen LogP contribution in [-0.4, -0.2) is 103 Å². The number of rotatable bonds is 14. The van der Waals surface area contributed by atoms with Crippen molar-refractivity contribution >= 4 is 29.9 Å². The van der Waals surface area contributed by atoms with Gasteiger partial charge in [0, 0.05) is 71.4 Å². The largest absolute Gasteiger partial charge is 0.447 e. The van der Waals surface area contributed by atoms with Gasteiger partial charge in [0.1, 0.15) is 30.7 Å². The van der Waals surface area contributed by atoms with Crippen LogP contribution in [0.3, 0.4) is 0 Å². The number of nitrogens with one attached hydrogen (secondary N) is 3. The van der Waals surface area contributed by atoms with E-state index < -0.39 is 30.5 Å². The minimum Gasteiger partial charge on any atom is -0.447 e. The third kappa shape index (κ3) is 12.3. The molecule has 0 unspecified atom stereocenters. The van der Waals surface area contributed by atoms with Crippen molar-refractivity contribution in [3.05, 3.63) is 95.2 Å². The predicted octanol–water partition coefficient (Wildman–Crippen LogP) is 2.26. The fourth-order valence-electron chi connectivity index (χ4n) is 5.78. The first-order valence-corrected chi connectivity index (χ1v) is 17.7. The molecule has 3 aromatic rings. The summed E-state index contributed by atoms with van der Waals surface area (Å²) in [5.41, 5.74) is 14.9. The van der Waals surface area contributed by atoms with E-state index in [-0.39, 0.29) is 51.3 Å². The molecule has 0 spiro atoms. The number of hydrogen-bond donors (Lipinski definition) is 5. The zero-order valence-corrected chi connectivity index (χ0v) is 29.6. The lowest BCUT2D eigenvalue weighted by Crippen LogP contribution is -2.55. The van der Waals surface area contributed by atoms with Gasteiger partial charge in [-0.15, -0.1) is 0 Å². The van der Waals surface area contributed by atoms with Crippen LogP contribution >= 0.6 is 0 Å². The second-order valence-corrected chi connectivity index (χ2v) is 12.7. The zero-order valence-electron chi connectivity index (χ0n) is 29.6. The summed E-state index contributed by atoms with van der Waals surface area (Å²) in [4.78, 5) is 58.1. The van der Waals surface area contributed by atoms with Crippen LogP contribution in [0.5, 0.6) is 0 Å². The van der Waals surface area contributed by atoms with Crippen LogP contribution in [0.2, 0.25) is 0 Å². The number of hydrogen-bond acceptors (Lipinski definition) is 11. The molecule has 5 amide bonds. The van der Waals surface area contributed by atoms with Crippen molar-refractivity contribution in [3.8, 4) is 0 Å². The van der Waals surface area contributed by atoms with E-state index in [1.807, 2.05) is 54.6 Å². The van der Waals surface area contributed by atoms with Crippen molar-refractivity contribution < 1.29 is 38.1 Å². The minimum atomic E-state index is -0.736. The number of benzene rings is 2. The van der Waals surface area contributed by atoms with Gasteiger partial charge in [0.05, 0.1) is 13.2 Å². The number of carbonyl (C=O) groups is 4. The Morgan fingerprint density at radius 3 is 2.25 bits per heavy atom. The molecule has 1 aromatic heterocycles. The Morgan fingerprint density at radius 2 is 1.53 bits per heavy atom. The Morgan fingerprint density at radius 1 is 0.830 bits per heavy atom. The average molecular weight is 733 g/mol. The molecule has 2 aliphatic rings. The lowest BCUT2D eigenvalue weighted by molar-refractivity contribution is -0.177. The predicted molar refractivity (Wildman–Crippen MR) is 194 cm³/mol. The molecule has 2 saturated heterocycles. The van der Waals surface area contributed by atoms with Gasteiger partial charge in [-0.3, -0.25) is 4.79 Å². The van der Waals surface area contributed by atoms with Crippen molar-refractivity contribution in [2.75, 3.05) is 51.7 Å². The molecule has 0 saturated carbocycles. The van der Waals surface area contributed by atoms with E-state index in [9.17, 15) is 19.2 Å². The summed E-state index contributed by atoms with van der Waals surface area (Å²) in [7, 11) is 0. The first kappa shape index (κ1) is 38.8. The lowest BCUT2D eigenvalue weighted by atomic mass is 10.0. The van der Waals surface area contributed by atoms with Crippen molar-refractivity contribution in [2.24, 2.45) is 5.73 Å². The highest BCUT2D eigenvalue weighted by Gasteiger charge is 2.40. The number of amides is 5. The molecule has 2 aliphatic heterocycles. The molecule has 3 heterocycles. The first-order valence-electron chi connectivity index (χ1n) is 17.7. The molecule has 5 rings (SSSR count). The molecule has 16 heteroatoms. The van der Waals surface area contributed by atoms with Crippen LogP contribution in [-0.2, 0) is 50.0 Å². The van der Waals surface area contributed by atoms with Crippen molar-refractivity contribution in [1.82, 2.24) is 30.7 Å². The van der Waals surface area contributed by atoms with Gasteiger partial charge in [-0.1, -0.05) is 60.7 Å². The van der Waals surface area contributed by atoms with E-state index >= 15 is 0 Å². The highest BCUT2D eigenvalue weighted by atomic mass is 16.6. The van der Waals surface area contributed by atoms with Gasteiger partial charge < -0.3 is 56.2 Å². The standard InChI is InChI=1S/C37H48N8O8/c38-20-26-6-8-27(9-7-26)21-43-35(47)44-15-17-45(18-16-44)37(49)53-30-13-19-50-31(34(30)51-24-28-4-2-1-3-5-28)25-52-36(48)40-14-12-33(46)42-23-29-10-11-32(39)41-22-29/h1-11,22,30-31,34H,12-21,23-25,38H2,(H2,39,41)(H,40,48)(H,42,46)(H,43,47)/t30-,31-,34+/m1/s1. The number of nitrogens with two attached hydrogens (primary N) is 2. The van der Waals surface area contributed by atoms with Gasteiger partial charge in [-0.2, -0.15) is 0 Å². The smallest absolute Gasteiger partial charge is 0.410 e. The van der Waals surface area contributed by atoms with Gasteiger partial charge in [0.15, 0.2) is 0 Å². The maximum absolute atomic E-state index is 13.4. The molecular formula is C37H48N8O8. The molecule has 0 aliphatic carbocycles. The topological polar surface area (TPSA) is 213 Å². The monoisotopic (exact) mass is 732 g/mol. The molecular weight excluding hydrogens is 684 g/mol. The van der Waals surface area contributed by atoms with Gasteiger partial charge in [0.2, 0.25) is 5.91 Å². The number of urea groups is 1. The number of piperazine rings is 1. The number of alkyl carbamates (subject to hydrolysis) is 1. The van der Waals surface area contributed by atoms with Gasteiger partial charge in [0.25, 0.3) is 0 Å². The minimum absolute atomic E-state index is 0.0429. The molecule has 53 heavy (non-hydrogen) atoms. The van der Waals surface area contributed by atoms with Crippen molar-refractivity contribution in [2.45, 2.75) is 57.4 Å². The van der Waals surface area contributed by atoms with E-state index in [1.54, 1.807) is 28.1 Å². The van der Waals surface area contributed by atoms with E-state index in [0.717, 1.165) is 22.3 Å². The highest BCUT2D eigenvalue weighted by molar-refractivity contribution is 5.77. The Balaban J connectivity index is 1.07. The Kier molecular flexibility index (Phi) is 14.6. The Hall–Kier alpha value is -5.45. The summed E-state index contributed by atoms with van der Waals surface area (Å²) in [6.45, 7) is 2.80. The number of pyridine rings is 1. The first-order chi connectivity index (χ1) is 25.8. The summed E-state index contributed by atoms with van der Waals surface area (Å²) in [5.74, 6) is 0.134. The molecule has 7 N–H and O–H groups in total. The van der Waals surface area contributed by atoms with Crippen molar-refractivity contribution in [3.63, 3.8) is 0 Å². The van der Waals surface area contributed by atoms with E-state index in [2.05, 4.69) is 20.9 Å². The fourth-order valence-corrected chi connectivity index (χ4v) is 5.78. The van der Waals surface area contributed by atoms with Gasteiger partial charge in [-0.05, 0) is 28.3 Å². The number of aromatic nitrogens is 1. The average Bonchev–Trinajstić information content (AvgIpc) is 3.19. The van der Waals surface area contributed by atoms with Crippen LogP contribution in [0.4, 0.5) is 20.2 Å². The zero-order chi connectivity index (χ0) is 37.4. The number of nitrogen functional groups attached to an aromatic ring is 1. The normalized spacial score (nSPS) is 18.5. The molecule has 3 atom stereocenters. The molecule has 16 nitrogen and oxygen atoms in total. The third-order valence-corrected chi connectivity index (χ3v) is 8.87. The second kappa shape index (κ2) is 20.0. The van der Waals surface area contributed by atoms with Crippen LogP contribution in [0.15, 0.2) is 72.9 Å². The number of anilines is 1. The van der Waals surface area contributed by atoms with E-state index in [0.29, 0.717) is 51.5 Å². The molecule has 2 fully saturated rings. The van der Waals surface area contributed by atoms with Crippen LogP contribution in [0.1, 0.15) is 35.1 Å². The van der Waals surface area contributed by atoms with Gasteiger partial charge >= 0.3 is 18.2 Å². The van der Waals surface area contributed by atoms with E-state index in [1.165, 1.54) is 0 Å². The second-order valence-electron chi connectivity index (χ2n) is 12.7. The van der Waals surface area contributed by atoms with Gasteiger partial charge in [-0.25, -0.2) is 19.4 Å². The molecule has 284 valence electrons. The molecule has 0 radical (unpaired) electrons. The van der Waals surface area contributed by atoms with Crippen LogP contribution < -0.4 is 27.4 Å². The van der Waals surface area contributed by atoms with Crippen LogP contribution in [0, 0.1) is 0 Å². The summed E-state index contributed by atoms with van der Waals surface area (Å²) in [6.07, 6.45) is -1.38. The van der Waals surface area contributed by atoms with Crippen molar-refractivity contribution in [1.29, 1.82) is 0 Å². The van der Waals surface area contributed by atoms with Crippen LogP contribution in [0.25, 0.3) is 0 Å². The number of nitrogens with zero attached hydrogens (tertiary/aromatic N) is 3. The number of carbonyl (C=O) groups excluding carboxylic acids is 4. The summed E-state index contributed by atoms with van der Waals surface area (Å²) in [5, 5.41) is 8.26. The number of ether oxygens (including phenoxy) is 4. The summed E-state index contributed by atoms with van der Waals surface area (Å²) in [6, 6.07) is 20.5. The Bertz CT molecular complexity index is 1620. The highest BCUT2D eigenvalue weighted by Crippen LogP contribution is 2.24. The fraction of sp³-hybridized carbons (Fsp3) is 0.432. The molecule has 2 aromatic carbocycles. The lowest BCUT2D eigenvalue weighted by Gasteiger charge is -2.39. The maximum Gasteiger partial charge on any atom is 0.410 e. The maximum atomic E-state index is 13.4. The SMILES string of the molecule is NCc1ccc(CNC(=O)N2CCN(C(=O)O[C@@H]3CCO[C@H](COC(=O)NCCC(=O)NCc4ccc(N)nc4)[C@H]3OCc3ccccc3)CC2)cc1. The summed E-state index contributed by atoms with van der Waals surface area (Å²) >= 11 is 0. The van der Waals surface area contributed by atoms with E-state index in [4.69, 9.17) is 30.4 Å². The summed E-state index contributed by atoms with van der Waals surface area (Å²) < 4.78 is 23.6. The quantitative estimate of drug-likeness (QED) is 0.162. The Labute approximate surface area is 308 Å². The third-order valence-electron chi connectivity index (χ3n) is 8.87.